The van der Waals surface area contributed by atoms with Gasteiger partial charge in [-0.05, 0) is 38.8 Å². The van der Waals surface area contributed by atoms with Crippen molar-refractivity contribution in [2.24, 2.45) is 5.92 Å². The Hall–Kier alpha value is -0.120. The Kier molecular flexibility index (Phi) is 3.79. The van der Waals surface area contributed by atoms with Crippen LogP contribution in [-0.2, 0) is 4.74 Å². The molecule has 82 valence electrons. The molecule has 2 fully saturated rings. The van der Waals surface area contributed by atoms with Crippen LogP contribution in [0.1, 0.15) is 19.8 Å². The zero-order valence-corrected chi connectivity index (χ0v) is 9.17. The van der Waals surface area contributed by atoms with Crippen LogP contribution < -0.4 is 5.32 Å². The average molecular weight is 198 g/mol. The minimum absolute atomic E-state index is 0.706. The van der Waals surface area contributed by atoms with Crippen molar-refractivity contribution in [3.63, 3.8) is 0 Å². The number of hydrogen-bond acceptors (Lipinski definition) is 3. The maximum Gasteiger partial charge on any atom is 0.0509 e. The third-order valence-electron chi connectivity index (χ3n) is 3.60. The first-order valence-corrected chi connectivity index (χ1v) is 5.90. The van der Waals surface area contributed by atoms with Gasteiger partial charge in [0, 0.05) is 25.7 Å². The Labute approximate surface area is 86.8 Å². The van der Waals surface area contributed by atoms with Gasteiger partial charge in [-0.3, -0.25) is 4.90 Å². The number of nitrogens with one attached hydrogen (secondary N) is 1. The lowest BCUT2D eigenvalue weighted by Gasteiger charge is -2.31. The lowest BCUT2D eigenvalue weighted by molar-refractivity contribution is 0.133. The minimum Gasteiger partial charge on any atom is -0.381 e. The van der Waals surface area contributed by atoms with Crippen LogP contribution in [0.4, 0.5) is 0 Å². The molecule has 3 heteroatoms. The van der Waals surface area contributed by atoms with E-state index < -0.39 is 0 Å². The molecule has 0 saturated carbocycles. The van der Waals surface area contributed by atoms with E-state index in [2.05, 4.69) is 17.1 Å². The lowest BCUT2D eigenvalue weighted by Crippen LogP contribution is -2.40. The number of ether oxygens (including phenoxy) is 1. The summed E-state index contributed by atoms with van der Waals surface area (Å²) in [5.74, 6) is 0.771. The number of hydrogen-bond donors (Lipinski definition) is 1. The molecule has 2 heterocycles. The van der Waals surface area contributed by atoms with Gasteiger partial charge < -0.3 is 10.1 Å². The monoisotopic (exact) mass is 198 g/mol. The highest BCUT2D eigenvalue weighted by molar-refractivity contribution is 4.80. The summed E-state index contributed by atoms with van der Waals surface area (Å²) in [4.78, 5) is 2.62. The molecule has 0 aromatic heterocycles. The quantitative estimate of drug-likeness (QED) is 0.707. The molecule has 2 aliphatic rings. The summed E-state index contributed by atoms with van der Waals surface area (Å²) in [7, 11) is 0. The van der Waals surface area contributed by atoms with Gasteiger partial charge in [-0.1, -0.05) is 0 Å². The molecule has 1 N–H and O–H groups in total. The highest BCUT2D eigenvalue weighted by Crippen LogP contribution is 2.21. The first-order chi connectivity index (χ1) is 6.88. The summed E-state index contributed by atoms with van der Waals surface area (Å²) in [6.07, 6.45) is 2.54. The van der Waals surface area contributed by atoms with Crippen molar-refractivity contribution in [1.82, 2.24) is 10.2 Å². The van der Waals surface area contributed by atoms with Gasteiger partial charge in [0.05, 0.1) is 6.61 Å². The summed E-state index contributed by atoms with van der Waals surface area (Å²) in [6, 6.07) is 0.706. The number of nitrogens with zero attached hydrogens (tertiary/aromatic N) is 1. The molecule has 14 heavy (non-hydrogen) atoms. The second kappa shape index (κ2) is 5.10. The van der Waals surface area contributed by atoms with Crippen LogP contribution >= 0.6 is 0 Å². The van der Waals surface area contributed by atoms with Gasteiger partial charge in [0.2, 0.25) is 0 Å². The van der Waals surface area contributed by atoms with E-state index in [0.29, 0.717) is 6.04 Å². The fourth-order valence-corrected chi connectivity index (χ4v) is 2.51. The normalized spacial score (nSPS) is 32.8. The van der Waals surface area contributed by atoms with Gasteiger partial charge >= 0.3 is 0 Å². The van der Waals surface area contributed by atoms with Crippen LogP contribution in [0.5, 0.6) is 0 Å². The van der Waals surface area contributed by atoms with Crippen LogP contribution in [0.25, 0.3) is 0 Å². The van der Waals surface area contributed by atoms with Crippen LogP contribution in [0, 0.1) is 5.92 Å². The topological polar surface area (TPSA) is 24.5 Å². The Morgan fingerprint density at radius 1 is 1.36 bits per heavy atom. The van der Waals surface area contributed by atoms with Gasteiger partial charge in [0.25, 0.3) is 0 Å². The highest BCUT2D eigenvalue weighted by atomic mass is 16.5. The van der Waals surface area contributed by atoms with Crippen molar-refractivity contribution in [2.75, 3.05) is 39.4 Å². The third kappa shape index (κ3) is 2.47. The van der Waals surface area contributed by atoms with E-state index >= 15 is 0 Å². The van der Waals surface area contributed by atoms with Gasteiger partial charge in [-0.15, -0.1) is 0 Å². The first kappa shape index (κ1) is 10.4. The molecule has 3 nitrogen and oxygen atoms in total. The predicted octanol–water partition coefficient (Wildman–Crippen LogP) is 0.707. The van der Waals surface area contributed by atoms with Crippen molar-refractivity contribution in [3.05, 3.63) is 0 Å². The largest absolute Gasteiger partial charge is 0.381 e. The minimum atomic E-state index is 0.706. The second-order valence-electron chi connectivity index (χ2n) is 4.50. The first-order valence-electron chi connectivity index (χ1n) is 5.90. The van der Waals surface area contributed by atoms with E-state index in [-0.39, 0.29) is 0 Å². The zero-order valence-electron chi connectivity index (χ0n) is 9.17. The predicted molar refractivity (Wildman–Crippen MR) is 57.4 cm³/mol. The lowest BCUT2D eigenvalue weighted by atomic mass is 9.99. The molecule has 0 amide bonds. The molecule has 0 spiro atoms. The van der Waals surface area contributed by atoms with Gasteiger partial charge in [-0.25, -0.2) is 0 Å². The summed E-state index contributed by atoms with van der Waals surface area (Å²) >= 11 is 0. The standard InChI is InChI=1S/C11H22N2O/c1-10(11-3-8-14-9-11)13-6-2-4-12-5-7-13/h10-12H,2-9H2,1H3. The molecule has 0 radical (unpaired) electrons. The van der Waals surface area contributed by atoms with E-state index in [1.54, 1.807) is 0 Å². The fraction of sp³-hybridized carbons (Fsp3) is 1.00. The van der Waals surface area contributed by atoms with E-state index in [0.717, 1.165) is 25.7 Å². The van der Waals surface area contributed by atoms with Crippen LogP contribution in [0.15, 0.2) is 0 Å². The maximum absolute atomic E-state index is 5.46. The molecule has 2 saturated heterocycles. The van der Waals surface area contributed by atoms with Crippen LogP contribution in [0.2, 0.25) is 0 Å². The average Bonchev–Trinajstić information content (AvgIpc) is 2.59. The van der Waals surface area contributed by atoms with Crippen LogP contribution in [0.3, 0.4) is 0 Å². The molecular weight excluding hydrogens is 176 g/mol. The van der Waals surface area contributed by atoms with Crippen molar-refractivity contribution >= 4 is 0 Å². The van der Waals surface area contributed by atoms with Gasteiger partial charge in [-0.2, -0.15) is 0 Å². The highest BCUT2D eigenvalue weighted by Gasteiger charge is 2.26. The SMILES string of the molecule is CC(C1CCOC1)N1CCCNCC1. The molecular formula is C11H22N2O. The van der Waals surface area contributed by atoms with Crippen molar-refractivity contribution in [3.8, 4) is 0 Å². The van der Waals surface area contributed by atoms with Gasteiger partial charge in [0.15, 0.2) is 0 Å². The summed E-state index contributed by atoms with van der Waals surface area (Å²) in [5.41, 5.74) is 0. The number of rotatable bonds is 2. The van der Waals surface area contributed by atoms with Crippen LogP contribution in [-0.4, -0.2) is 50.3 Å². The Balaban J connectivity index is 1.84. The smallest absolute Gasteiger partial charge is 0.0509 e. The molecule has 2 aliphatic heterocycles. The third-order valence-corrected chi connectivity index (χ3v) is 3.60. The van der Waals surface area contributed by atoms with E-state index in [1.165, 1.54) is 32.5 Å². The molecule has 2 rings (SSSR count). The molecule has 0 bridgehead atoms. The van der Waals surface area contributed by atoms with Crippen molar-refractivity contribution < 1.29 is 4.74 Å². The van der Waals surface area contributed by atoms with E-state index in [9.17, 15) is 0 Å². The molecule has 0 aromatic rings. The Morgan fingerprint density at radius 3 is 3.07 bits per heavy atom. The summed E-state index contributed by atoms with van der Waals surface area (Å²) in [6.45, 7) is 9.11. The molecule has 2 unspecified atom stereocenters. The summed E-state index contributed by atoms with van der Waals surface area (Å²) in [5, 5.41) is 3.45. The molecule has 0 aliphatic carbocycles. The van der Waals surface area contributed by atoms with Gasteiger partial charge in [0.1, 0.15) is 0 Å². The maximum atomic E-state index is 5.46. The molecule has 0 aromatic carbocycles. The molecule has 2 atom stereocenters. The summed E-state index contributed by atoms with van der Waals surface area (Å²) < 4.78 is 5.46. The van der Waals surface area contributed by atoms with Crippen molar-refractivity contribution in [2.45, 2.75) is 25.8 Å². The second-order valence-corrected chi connectivity index (χ2v) is 4.50. The van der Waals surface area contributed by atoms with E-state index in [4.69, 9.17) is 4.74 Å². The van der Waals surface area contributed by atoms with Crippen molar-refractivity contribution in [1.29, 1.82) is 0 Å². The van der Waals surface area contributed by atoms with E-state index in [1.807, 2.05) is 0 Å². The fourth-order valence-electron chi connectivity index (χ4n) is 2.51. The Bertz CT molecular complexity index is 161. The Morgan fingerprint density at radius 2 is 2.29 bits per heavy atom. The zero-order chi connectivity index (χ0) is 9.80.